The lowest BCUT2D eigenvalue weighted by Gasteiger charge is -2.37. The first-order valence-corrected chi connectivity index (χ1v) is 16.6. The fraction of sp³-hybridized carbons (Fsp3) is 0.194. The van der Waals surface area contributed by atoms with Gasteiger partial charge in [0.1, 0.15) is 6.61 Å². The van der Waals surface area contributed by atoms with E-state index in [0.717, 1.165) is 28.1 Å². The number of carbonyl (C=O) groups excluding carboxylic acids is 1. The molecule has 10 nitrogen and oxygen atoms in total. The van der Waals surface area contributed by atoms with E-state index in [2.05, 4.69) is 10.0 Å². The molecule has 0 aromatic heterocycles. The maximum atomic E-state index is 14.4. The van der Waals surface area contributed by atoms with Crippen molar-refractivity contribution in [2.75, 3.05) is 10.8 Å². The standard InChI is InChI=1S/C31H29F2N3O7S2/c1-22-31(19-20-34-30(37)42-21-23-11-4-2-5-12-23,35-45(40,41)43-29-26(32)16-10-17-27(29)33)25-15-8-9-18-28(25)36(22)44(38,39)24-13-6-3-7-14-24/h2-18,22,35H,19-21H2,1H3,(H,34,37)/t22-,31-/m1/s1. The summed E-state index contributed by atoms with van der Waals surface area (Å²) < 4.78 is 97.2. The number of para-hydroxylation sites is 2. The van der Waals surface area contributed by atoms with Crippen molar-refractivity contribution >= 4 is 32.1 Å². The fourth-order valence-corrected chi connectivity index (χ4v) is 8.30. The minimum atomic E-state index is -5.02. The van der Waals surface area contributed by atoms with Gasteiger partial charge in [-0.05, 0) is 54.8 Å². The van der Waals surface area contributed by atoms with Gasteiger partial charge in [0.15, 0.2) is 11.6 Å². The third-order valence-corrected chi connectivity index (χ3v) is 10.3. The molecule has 1 amide bonds. The van der Waals surface area contributed by atoms with Crippen LogP contribution in [0.25, 0.3) is 0 Å². The number of ether oxygens (including phenoxy) is 1. The Morgan fingerprint density at radius 3 is 2.11 bits per heavy atom. The smallest absolute Gasteiger partial charge is 0.407 e. The second-order valence-electron chi connectivity index (χ2n) is 10.2. The molecule has 0 fully saturated rings. The summed E-state index contributed by atoms with van der Waals surface area (Å²) in [6.07, 6.45) is -1.01. The molecule has 2 N–H and O–H groups in total. The molecule has 1 heterocycles. The summed E-state index contributed by atoms with van der Waals surface area (Å²) in [5.41, 5.74) is -0.640. The molecule has 5 rings (SSSR count). The van der Waals surface area contributed by atoms with Crippen molar-refractivity contribution in [1.82, 2.24) is 10.0 Å². The Morgan fingerprint density at radius 2 is 1.44 bits per heavy atom. The van der Waals surface area contributed by atoms with Crippen LogP contribution in [0.4, 0.5) is 19.3 Å². The molecule has 0 spiro atoms. The lowest BCUT2D eigenvalue weighted by Crippen LogP contribution is -2.57. The number of carbonyl (C=O) groups is 1. The zero-order valence-corrected chi connectivity index (χ0v) is 25.5. The van der Waals surface area contributed by atoms with Crippen LogP contribution in [0.15, 0.2) is 108 Å². The highest BCUT2D eigenvalue weighted by molar-refractivity contribution is 7.93. The largest absolute Gasteiger partial charge is 0.445 e. The first kappa shape index (κ1) is 31.9. The predicted octanol–water partition coefficient (Wildman–Crippen LogP) is 4.99. The molecule has 0 saturated heterocycles. The third-order valence-electron chi connectivity index (χ3n) is 7.41. The van der Waals surface area contributed by atoms with Crippen LogP contribution in [0.2, 0.25) is 0 Å². The van der Waals surface area contributed by atoms with E-state index < -0.39 is 55.4 Å². The predicted molar refractivity (Wildman–Crippen MR) is 162 cm³/mol. The molecule has 1 aliphatic rings. The van der Waals surface area contributed by atoms with E-state index in [1.807, 2.05) is 6.07 Å². The molecule has 14 heteroatoms. The number of halogens is 2. The maximum Gasteiger partial charge on any atom is 0.407 e. The van der Waals surface area contributed by atoms with Crippen LogP contribution in [0.1, 0.15) is 24.5 Å². The lowest BCUT2D eigenvalue weighted by atomic mass is 9.84. The van der Waals surface area contributed by atoms with E-state index in [4.69, 9.17) is 8.92 Å². The minimum Gasteiger partial charge on any atom is -0.445 e. The molecule has 2 atom stereocenters. The van der Waals surface area contributed by atoms with Gasteiger partial charge in [0.05, 0.1) is 22.2 Å². The highest BCUT2D eigenvalue weighted by atomic mass is 32.2. The number of nitrogens with zero attached hydrogens (tertiary/aromatic N) is 1. The third kappa shape index (κ3) is 6.62. The Balaban J connectivity index is 1.50. The van der Waals surface area contributed by atoms with E-state index in [0.29, 0.717) is 0 Å². The highest BCUT2D eigenvalue weighted by Gasteiger charge is 2.54. The van der Waals surface area contributed by atoms with Gasteiger partial charge in [-0.15, -0.1) is 0 Å². The van der Waals surface area contributed by atoms with Gasteiger partial charge in [-0.3, -0.25) is 4.31 Å². The lowest BCUT2D eigenvalue weighted by molar-refractivity contribution is 0.138. The number of sulfonamides is 1. The molecular weight excluding hydrogens is 628 g/mol. The number of hydrogen-bond acceptors (Lipinski definition) is 7. The summed E-state index contributed by atoms with van der Waals surface area (Å²) in [6.45, 7) is 1.28. The summed E-state index contributed by atoms with van der Waals surface area (Å²) in [7, 11) is -9.28. The average Bonchev–Trinajstić information content (AvgIpc) is 3.26. The topological polar surface area (TPSA) is 131 Å². The molecule has 0 aliphatic carbocycles. The molecule has 0 bridgehead atoms. The molecule has 1 aliphatic heterocycles. The van der Waals surface area contributed by atoms with Gasteiger partial charge in [0.2, 0.25) is 5.75 Å². The maximum absolute atomic E-state index is 14.4. The Labute approximate surface area is 259 Å². The number of anilines is 1. The van der Waals surface area contributed by atoms with Crippen LogP contribution in [0.3, 0.4) is 0 Å². The Kier molecular flexibility index (Phi) is 9.09. The number of benzene rings is 4. The monoisotopic (exact) mass is 657 g/mol. The van der Waals surface area contributed by atoms with Gasteiger partial charge in [-0.2, -0.15) is 13.1 Å². The number of fused-ring (bicyclic) bond motifs is 1. The molecule has 0 unspecified atom stereocenters. The van der Waals surface area contributed by atoms with Crippen molar-refractivity contribution in [3.63, 3.8) is 0 Å². The molecule has 45 heavy (non-hydrogen) atoms. The molecule has 0 radical (unpaired) electrons. The van der Waals surface area contributed by atoms with Gasteiger partial charge >= 0.3 is 16.4 Å². The van der Waals surface area contributed by atoms with Gasteiger partial charge in [0, 0.05) is 6.54 Å². The fourth-order valence-electron chi connectivity index (χ4n) is 5.31. The highest BCUT2D eigenvalue weighted by Crippen LogP contribution is 2.48. The van der Waals surface area contributed by atoms with Gasteiger partial charge in [0.25, 0.3) is 10.0 Å². The van der Waals surface area contributed by atoms with Crippen molar-refractivity contribution in [3.8, 4) is 5.75 Å². The first-order chi connectivity index (χ1) is 21.4. The number of rotatable bonds is 11. The number of alkyl carbamates (subject to hydrolysis) is 1. The Morgan fingerprint density at radius 1 is 0.844 bits per heavy atom. The number of amides is 1. The second kappa shape index (κ2) is 12.8. The molecule has 4 aromatic carbocycles. The van der Waals surface area contributed by atoms with Crippen molar-refractivity contribution in [3.05, 3.63) is 126 Å². The summed E-state index contributed by atoms with van der Waals surface area (Å²) in [5.74, 6) is -3.67. The summed E-state index contributed by atoms with van der Waals surface area (Å²) in [6, 6.07) is 24.3. The minimum absolute atomic E-state index is 0.0190. The van der Waals surface area contributed by atoms with Gasteiger partial charge in [-0.1, -0.05) is 72.8 Å². The molecular formula is C31H29F2N3O7S2. The zero-order chi connectivity index (χ0) is 32.2. The van der Waals surface area contributed by atoms with Crippen LogP contribution >= 0.6 is 0 Å². The van der Waals surface area contributed by atoms with E-state index in [1.54, 1.807) is 54.6 Å². The Hall–Kier alpha value is -4.53. The van der Waals surface area contributed by atoms with E-state index in [9.17, 15) is 30.4 Å². The Bertz CT molecular complexity index is 1880. The van der Waals surface area contributed by atoms with Gasteiger partial charge in [-0.25, -0.2) is 22.0 Å². The van der Waals surface area contributed by atoms with Gasteiger partial charge < -0.3 is 14.2 Å². The summed E-state index contributed by atoms with van der Waals surface area (Å²) >= 11 is 0. The molecule has 0 saturated carbocycles. The van der Waals surface area contributed by atoms with E-state index in [1.165, 1.54) is 31.2 Å². The van der Waals surface area contributed by atoms with Crippen LogP contribution in [0, 0.1) is 11.6 Å². The van der Waals surface area contributed by atoms with Crippen molar-refractivity contribution < 1.29 is 39.3 Å². The SMILES string of the molecule is C[C@H]1N(S(=O)(=O)c2ccccc2)c2ccccc2[C@]1(CCNC(=O)OCc1ccccc1)NS(=O)(=O)Oc1c(F)cccc1F. The number of nitrogens with one attached hydrogen (secondary N) is 2. The second-order valence-corrected chi connectivity index (χ2v) is 13.3. The van der Waals surface area contributed by atoms with E-state index in [-0.39, 0.29) is 35.7 Å². The van der Waals surface area contributed by atoms with Crippen LogP contribution in [0.5, 0.6) is 5.75 Å². The normalized spacial score (nSPS) is 17.8. The van der Waals surface area contributed by atoms with Crippen molar-refractivity contribution in [2.24, 2.45) is 0 Å². The van der Waals surface area contributed by atoms with Crippen molar-refractivity contribution in [2.45, 2.75) is 36.4 Å². The summed E-state index contributed by atoms with van der Waals surface area (Å²) in [4.78, 5) is 12.5. The van der Waals surface area contributed by atoms with E-state index >= 15 is 0 Å². The molecule has 236 valence electrons. The summed E-state index contributed by atoms with van der Waals surface area (Å²) in [5, 5.41) is 2.57. The average molecular weight is 658 g/mol. The quantitative estimate of drug-likeness (QED) is 0.233. The number of hydrogen-bond donors (Lipinski definition) is 2. The first-order valence-electron chi connectivity index (χ1n) is 13.8. The van der Waals surface area contributed by atoms with Crippen LogP contribution in [-0.2, 0) is 37.2 Å². The zero-order valence-electron chi connectivity index (χ0n) is 23.9. The molecule has 4 aromatic rings. The van der Waals surface area contributed by atoms with Crippen molar-refractivity contribution in [1.29, 1.82) is 0 Å². The van der Waals surface area contributed by atoms with Crippen LogP contribution in [-0.4, -0.2) is 35.5 Å². The van der Waals surface area contributed by atoms with Crippen LogP contribution < -0.4 is 18.5 Å².